The van der Waals surface area contributed by atoms with E-state index in [-0.39, 0.29) is 0 Å². The number of thiophene rings is 1. The first-order valence-electron chi connectivity index (χ1n) is 7.43. The predicted octanol–water partition coefficient (Wildman–Crippen LogP) is 4.14. The van der Waals surface area contributed by atoms with Crippen LogP contribution in [0.4, 0.5) is 11.8 Å². The molecule has 0 atom stereocenters. The van der Waals surface area contributed by atoms with Gasteiger partial charge in [-0.05, 0) is 18.4 Å². The van der Waals surface area contributed by atoms with Gasteiger partial charge in [-0.15, -0.1) is 11.3 Å². The maximum Gasteiger partial charge on any atom is 0.225 e. The van der Waals surface area contributed by atoms with E-state index in [2.05, 4.69) is 47.4 Å². The molecular weight excluding hydrogens is 268 g/mol. The standard InChI is InChI=1S/C15H24N4S/c1-5-10(6-2)9-17-13-12-8-11(7-3)20-14(12)19-15(16-4)18-13/h8,10H,5-7,9H2,1-4H3,(H2,16,17,18,19). The highest BCUT2D eigenvalue weighted by Crippen LogP contribution is 2.30. The van der Waals surface area contributed by atoms with Gasteiger partial charge >= 0.3 is 0 Å². The van der Waals surface area contributed by atoms with Gasteiger partial charge in [-0.2, -0.15) is 4.98 Å². The number of aromatic nitrogens is 2. The fraction of sp³-hybridized carbons (Fsp3) is 0.600. The fourth-order valence-electron chi connectivity index (χ4n) is 2.21. The zero-order valence-corrected chi connectivity index (χ0v) is 13.6. The molecule has 0 bridgehead atoms. The fourth-order valence-corrected chi connectivity index (χ4v) is 3.18. The summed E-state index contributed by atoms with van der Waals surface area (Å²) in [5.41, 5.74) is 0. The minimum Gasteiger partial charge on any atom is -0.369 e. The normalized spacial score (nSPS) is 11.2. The van der Waals surface area contributed by atoms with Crippen LogP contribution >= 0.6 is 11.3 Å². The molecule has 5 heteroatoms. The molecule has 0 fully saturated rings. The van der Waals surface area contributed by atoms with E-state index >= 15 is 0 Å². The molecule has 0 aliphatic rings. The van der Waals surface area contributed by atoms with Gasteiger partial charge in [0.25, 0.3) is 0 Å². The Hall–Kier alpha value is -1.36. The lowest BCUT2D eigenvalue weighted by atomic mass is 10.0. The first kappa shape index (κ1) is 15.0. The Morgan fingerprint density at radius 3 is 2.55 bits per heavy atom. The van der Waals surface area contributed by atoms with Gasteiger partial charge in [0.1, 0.15) is 10.6 Å². The number of nitrogens with one attached hydrogen (secondary N) is 2. The van der Waals surface area contributed by atoms with Crippen molar-refractivity contribution in [2.24, 2.45) is 5.92 Å². The average Bonchev–Trinajstić information content (AvgIpc) is 2.91. The average molecular weight is 292 g/mol. The molecular formula is C15H24N4S. The van der Waals surface area contributed by atoms with Crippen molar-refractivity contribution in [1.29, 1.82) is 0 Å². The van der Waals surface area contributed by atoms with Crippen LogP contribution in [0.25, 0.3) is 10.2 Å². The monoisotopic (exact) mass is 292 g/mol. The van der Waals surface area contributed by atoms with Gasteiger partial charge in [0.05, 0.1) is 5.39 Å². The minimum atomic E-state index is 0.689. The first-order chi connectivity index (χ1) is 9.71. The molecule has 0 aliphatic carbocycles. The van der Waals surface area contributed by atoms with E-state index < -0.39 is 0 Å². The highest BCUT2D eigenvalue weighted by Gasteiger charge is 2.12. The van der Waals surface area contributed by atoms with Gasteiger partial charge in [-0.1, -0.05) is 33.6 Å². The van der Waals surface area contributed by atoms with Crippen LogP contribution in [0.1, 0.15) is 38.5 Å². The Morgan fingerprint density at radius 1 is 1.20 bits per heavy atom. The van der Waals surface area contributed by atoms with Gasteiger partial charge < -0.3 is 10.6 Å². The molecule has 0 radical (unpaired) electrons. The van der Waals surface area contributed by atoms with Crippen molar-refractivity contribution >= 4 is 33.3 Å². The van der Waals surface area contributed by atoms with Crippen molar-refractivity contribution < 1.29 is 0 Å². The molecule has 2 heterocycles. The van der Waals surface area contributed by atoms with Crippen molar-refractivity contribution in [1.82, 2.24) is 9.97 Å². The second kappa shape index (κ2) is 6.88. The van der Waals surface area contributed by atoms with Gasteiger partial charge in [0.15, 0.2) is 0 Å². The smallest absolute Gasteiger partial charge is 0.225 e. The van der Waals surface area contributed by atoms with Gasteiger partial charge in [-0.3, -0.25) is 0 Å². The molecule has 0 aromatic carbocycles. The maximum absolute atomic E-state index is 4.58. The third kappa shape index (κ3) is 3.20. The number of hydrogen-bond donors (Lipinski definition) is 2. The summed E-state index contributed by atoms with van der Waals surface area (Å²) in [5, 5.41) is 7.71. The molecule has 0 saturated heterocycles. The van der Waals surface area contributed by atoms with Crippen molar-refractivity contribution in [3.8, 4) is 0 Å². The second-order valence-electron chi connectivity index (χ2n) is 4.99. The van der Waals surface area contributed by atoms with Crippen LogP contribution in [0.15, 0.2) is 6.07 Å². The molecule has 4 nitrogen and oxygen atoms in total. The third-order valence-electron chi connectivity index (χ3n) is 3.73. The van der Waals surface area contributed by atoms with Gasteiger partial charge in [0, 0.05) is 18.5 Å². The van der Waals surface area contributed by atoms with Crippen LogP contribution in [-0.2, 0) is 6.42 Å². The molecule has 20 heavy (non-hydrogen) atoms. The molecule has 0 saturated carbocycles. The third-order valence-corrected chi connectivity index (χ3v) is 4.90. The first-order valence-corrected chi connectivity index (χ1v) is 8.25. The summed E-state index contributed by atoms with van der Waals surface area (Å²) in [6.07, 6.45) is 3.43. The van der Waals surface area contributed by atoms with Crippen molar-refractivity contribution in [2.45, 2.75) is 40.0 Å². The summed E-state index contributed by atoms with van der Waals surface area (Å²) >= 11 is 1.76. The Labute approximate surface area is 125 Å². The van der Waals surface area contributed by atoms with Gasteiger partial charge in [0.2, 0.25) is 5.95 Å². The largest absolute Gasteiger partial charge is 0.369 e. The summed E-state index contributed by atoms with van der Waals surface area (Å²) in [6, 6.07) is 2.22. The number of nitrogens with zero attached hydrogens (tertiary/aromatic N) is 2. The quantitative estimate of drug-likeness (QED) is 0.805. The Kier molecular flexibility index (Phi) is 5.17. The number of fused-ring (bicyclic) bond motifs is 1. The number of anilines is 2. The maximum atomic E-state index is 4.58. The molecule has 2 aromatic rings. The van der Waals surface area contributed by atoms with Crippen molar-refractivity contribution in [3.63, 3.8) is 0 Å². The van der Waals surface area contributed by atoms with Crippen LogP contribution in [0, 0.1) is 5.92 Å². The molecule has 2 aromatic heterocycles. The van der Waals surface area contributed by atoms with Crippen LogP contribution in [0.2, 0.25) is 0 Å². The summed E-state index contributed by atoms with van der Waals surface area (Å²) in [4.78, 5) is 11.5. The van der Waals surface area contributed by atoms with Crippen molar-refractivity contribution in [2.75, 3.05) is 24.2 Å². The Bertz CT molecular complexity index is 560. The summed E-state index contributed by atoms with van der Waals surface area (Å²) < 4.78 is 0. The van der Waals surface area contributed by atoms with Gasteiger partial charge in [-0.25, -0.2) is 4.98 Å². The lowest BCUT2D eigenvalue weighted by Crippen LogP contribution is -2.14. The highest BCUT2D eigenvalue weighted by molar-refractivity contribution is 7.18. The topological polar surface area (TPSA) is 49.8 Å². The van der Waals surface area contributed by atoms with E-state index in [1.165, 1.54) is 17.7 Å². The van der Waals surface area contributed by atoms with E-state index in [0.29, 0.717) is 11.9 Å². The zero-order valence-electron chi connectivity index (χ0n) is 12.8. The Morgan fingerprint density at radius 2 is 1.95 bits per heavy atom. The summed E-state index contributed by atoms with van der Waals surface area (Å²) in [7, 11) is 1.86. The summed E-state index contributed by atoms with van der Waals surface area (Å²) in [6.45, 7) is 7.63. The lowest BCUT2D eigenvalue weighted by molar-refractivity contribution is 0.518. The molecule has 2 rings (SSSR count). The van der Waals surface area contributed by atoms with Crippen molar-refractivity contribution in [3.05, 3.63) is 10.9 Å². The molecule has 110 valence electrons. The zero-order chi connectivity index (χ0) is 14.5. The van der Waals surface area contributed by atoms with Crippen LogP contribution in [0.5, 0.6) is 0 Å². The molecule has 0 spiro atoms. The van der Waals surface area contributed by atoms with E-state index in [4.69, 9.17) is 0 Å². The van der Waals surface area contributed by atoms with Crippen LogP contribution in [-0.4, -0.2) is 23.6 Å². The van der Waals surface area contributed by atoms with E-state index in [9.17, 15) is 0 Å². The minimum absolute atomic E-state index is 0.689. The lowest BCUT2D eigenvalue weighted by Gasteiger charge is -2.14. The molecule has 0 amide bonds. The van der Waals surface area contributed by atoms with E-state index in [1.54, 1.807) is 11.3 Å². The number of aryl methyl sites for hydroxylation is 1. The van der Waals surface area contributed by atoms with Crippen LogP contribution < -0.4 is 10.6 Å². The molecule has 0 unspecified atom stereocenters. The highest BCUT2D eigenvalue weighted by atomic mass is 32.1. The van der Waals surface area contributed by atoms with Crippen LogP contribution in [0.3, 0.4) is 0 Å². The summed E-state index contributed by atoms with van der Waals surface area (Å²) in [5.74, 6) is 2.35. The number of rotatable bonds is 7. The number of hydrogen-bond acceptors (Lipinski definition) is 5. The molecule has 0 aliphatic heterocycles. The van der Waals surface area contributed by atoms with E-state index in [1.807, 2.05) is 7.05 Å². The SMILES string of the molecule is CCc1cc2c(NCC(CC)CC)nc(NC)nc2s1. The predicted molar refractivity (Wildman–Crippen MR) is 88.9 cm³/mol. The molecule has 2 N–H and O–H groups in total. The second-order valence-corrected chi connectivity index (χ2v) is 6.11. The van der Waals surface area contributed by atoms with E-state index in [0.717, 1.165) is 29.0 Å². The Balaban J connectivity index is 2.31.